The second-order valence-corrected chi connectivity index (χ2v) is 7.14. The van der Waals surface area contributed by atoms with E-state index in [1.807, 2.05) is 32.9 Å². The van der Waals surface area contributed by atoms with E-state index in [0.29, 0.717) is 25.2 Å². The molecule has 3 N–H and O–H groups in total. The van der Waals surface area contributed by atoms with Gasteiger partial charge in [0.15, 0.2) is 0 Å². The van der Waals surface area contributed by atoms with Crippen LogP contribution in [-0.4, -0.2) is 41.6 Å². The summed E-state index contributed by atoms with van der Waals surface area (Å²) in [4.78, 5) is 26.2. The van der Waals surface area contributed by atoms with Gasteiger partial charge in [0.25, 0.3) is 5.91 Å². The third-order valence-electron chi connectivity index (χ3n) is 3.86. The molecule has 24 heavy (non-hydrogen) atoms. The van der Waals surface area contributed by atoms with Crippen molar-refractivity contribution < 1.29 is 14.3 Å². The van der Waals surface area contributed by atoms with Crippen LogP contribution < -0.4 is 11.1 Å². The number of likely N-dealkylation sites (tertiary alicyclic amines) is 1. The first-order valence-corrected chi connectivity index (χ1v) is 8.36. The Balaban J connectivity index is 1.92. The largest absolute Gasteiger partial charge is 0.444 e. The first-order valence-electron chi connectivity index (χ1n) is 8.36. The predicted molar refractivity (Wildman–Crippen MR) is 92.6 cm³/mol. The molecule has 6 nitrogen and oxygen atoms in total. The van der Waals surface area contributed by atoms with E-state index in [2.05, 4.69) is 5.32 Å². The zero-order valence-electron chi connectivity index (χ0n) is 14.7. The molecule has 1 aromatic carbocycles. The molecule has 1 aromatic rings. The molecule has 0 aromatic heterocycles. The van der Waals surface area contributed by atoms with Crippen molar-refractivity contribution in [2.75, 3.05) is 13.1 Å². The van der Waals surface area contributed by atoms with Crippen LogP contribution in [0, 0.1) is 0 Å². The summed E-state index contributed by atoms with van der Waals surface area (Å²) in [5.41, 5.74) is 6.63. The molecule has 1 saturated heterocycles. The zero-order chi connectivity index (χ0) is 17.7. The van der Waals surface area contributed by atoms with Gasteiger partial charge in [-0.25, -0.2) is 4.79 Å². The van der Waals surface area contributed by atoms with Crippen molar-refractivity contribution in [1.29, 1.82) is 0 Å². The number of ether oxygens (including phenoxy) is 1. The summed E-state index contributed by atoms with van der Waals surface area (Å²) < 4.78 is 5.40. The first kappa shape index (κ1) is 18.3. The van der Waals surface area contributed by atoms with E-state index >= 15 is 0 Å². The molecule has 1 heterocycles. The summed E-state index contributed by atoms with van der Waals surface area (Å²) in [6.07, 6.45) is 1.37. The van der Waals surface area contributed by atoms with Crippen molar-refractivity contribution in [2.45, 2.75) is 51.8 Å². The van der Waals surface area contributed by atoms with Gasteiger partial charge < -0.3 is 20.7 Å². The normalized spacial score (nSPS) is 18.2. The number of piperidine rings is 1. The summed E-state index contributed by atoms with van der Waals surface area (Å²) in [5.74, 6) is -0.130. The van der Waals surface area contributed by atoms with Crippen LogP contribution in [0.2, 0.25) is 0 Å². The SMILES string of the molecule is CC(C)(C)OC(=O)N1CCC[C@@H](NC(=O)c2ccc(CN)cc2)C1. The average molecular weight is 333 g/mol. The molecule has 0 bridgehead atoms. The minimum Gasteiger partial charge on any atom is -0.444 e. The number of carbonyl (C=O) groups is 2. The van der Waals surface area contributed by atoms with Crippen LogP contribution in [-0.2, 0) is 11.3 Å². The number of carbonyl (C=O) groups excluding carboxylic acids is 2. The maximum absolute atomic E-state index is 12.3. The molecule has 0 radical (unpaired) electrons. The fourth-order valence-electron chi connectivity index (χ4n) is 2.65. The Morgan fingerprint density at radius 3 is 2.54 bits per heavy atom. The molecular formula is C18H27N3O3. The highest BCUT2D eigenvalue weighted by Crippen LogP contribution is 2.16. The number of hydrogen-bond acceptors (Lipinski definition) is 4. The molecule has 1 aliphatic rings. The summed E-state index contributed by atoms with van der Waals surface area (Å²) in [6, 6.07) is 7.18. The van der Waals surface area contributed by atoms with Gasteiger partial charge in [-0.05, 0) is 51.3 Å². The van der Waals surface area contributed by atoms with Crippen LogP contribution in [0.4, 0.5) is 4.79 Å². The molecular weight excluding hydrogens is 306 g/mol. The van der Waals surface area contributed by atoms with Gasteiger partial charge in [0.2, 0.25) is 0 Å². The van der Waals surface area contributed by atoms with Gasteiger partial charge in [0.05, 0.1) is 0 Å². The lowest BCUT2D eigenvalue weighted by Crippen LogP contribution is -2.50. The van der Waals surface area contributed by atoms with Crippen molar-refractivity contribution in [3.05, 3.63) is 35.4 Å². The lowest BCUT2D eigenvalue weighted by molar-refractivity contribution is 0.0185. The number of amides is 2. The summed E-state index contributed by atoms with van der Waals surface area (Å²) in [6.45, 7) is 7.13. The lowest BCUT2D eigenvalue weighted by atomic mass is 10.0. The quantitative estimate of drug-likeness (QED) is 0.889. The van der Waals surface area contributed by atoms with E-state index in [1.54, 1.807) is 17.0 Å². The van der Waals surface area contributed by atoms with Crippen LogP contribution >= 0.6 is 0 Å². The molecule has 0 spiro atoms. The fraction of sp³-hybridized carbons (Fsp3) is 0.556. The van der Waals surface area contributed by atoms with Gasteiger partial charge in [-0.2, -0.15) is 0 Å². The smallest absolute Gasteiger partial charge is 0.410 e. The maximum atomic E-state index is 12.3. The van der Waals surface area contributed by atoms with Crippen LogP contribution in [0.25, 0.3) is 0 Å². The van der Waals surface area contributed by atoms with Crippen LogP contribution in [0.15, 0.2) is 24.3 Å². The molecule has 2 amide bonds. The minimum atomic E-state index is -0.516. The van der Waals surface area contributed by atoms with Crippen molar-refractivity contribution in [3.8, 4) is 0 Å². The molecule has 0 aliphatic carbocycles. The van der Waals surface area contributed by atoms with Crippen LogP contribution in [0.3, 0.4) is 0 Å². The Kier molecular flexibility index (Phi) is 5.83. The molecule has 0 unspecified atom stereocenters. The van der Waals surface area contributed by atoms with Gasteiger partial charge in [-0.15, -0.1) is 0 Å². The van der Waals surface area contributed by atoms with E-state index in [0.717, 1.165) is 18.4 Å². The minimum absolute atomic E-state index is 0.0621. The highest BCUT2D eigenvalue weighted by molar-refractivity contribution is 5.94. The van der Waals surface area contributed by atoms with Gasteiger partial charge in [0.1, 0.15) is 5.60 Å². The van der Waals surface area contributed by atoms with Crippen molar-refractivity contribution in [3.63, 3.8) is 0 Å². The van der Waals surface area contributed by atoms with Gasteiger partial charge in [-0.1, -0.05) is 12.1 Å². The zero-order valence-corrected chi connectivity index (χ0v) is 14.7. The summed E-state index contributed by atoms with van der Waals surface area (Å²) in [5, 5.41) is 3.00. The van der Waals surface area contributed by atoms with Crippen molar-refractivity contribution in [1.82, 2.24) is 10.2 Å². The number of hydrogen-bond donors (Lipinski definition) is 2. The molecule has 6 heteroatoms. The van der Waals surface area contributed by atoms with E-state index in [4.69, 9.17) is 10.5 Å². The Labute approximate surface area is 143 Å². The number of nitrogens with two attached hydrogens (primary N) is 1. The van der Waals surface area contributed by atoms with E-state index in [9.17, 15) is 9.59 Å². The van der Waals surface area contributed by atoms with Crippen molar-refractivity contribution in [2.24, 2.45) is 5.73 Å². The Morgan fingerprint density at radius 1 is 1.29 bits per heavy atom. The topological polar surface area (TPSA) is 84.7 Å². The Hall–Kier alpha value is -2.08. The lowest BCUT2D eigenvalue weighted by Gasteiger charge is -2.34. The highest BCUT2D eigenvalue weighted by Gasteiger charge is 2.28. The third-order valence-corrected chi connectivity index (χ3v) is 3.86. The third kappa shape index (κ3) is 5.23. The molecule has 1 fully saturated rings. The van der Waals surface area contributed by atoms with Gasteiger partial charge in [0, 0.05) is 31.2 Å². The highest BCUT2D eigenvalue weighted by atomic mass is 16.6. The average Bonchev–Trinajstić information content (AvgIpc) is 2.53. The molecule has 1 atom stereocenters. The van der Waals surface area contributed by atoms with Crippen LogP contribution in [0.1, 0.15) is 49.5 Å². The van der Waals surface area contributed by atoms with Gasteiger partial charge >= 0.3 is 6.09 Å². The standard InChI is InChI=1S/C18H27N3O3/c1-18(2,3)24-17(23)21-10-4-5-15(12-21)20-16(22)14-8-6-13(11-19)7-9-14/h6-9,15H,4-5,10-12,19H2,1-3H3,(H,20,22)/t15-/m1/s1. The Bertz CT molecular complexity index is 578. The van der Waals surface area contributed by atoms with E-state index in [1.165, 1.54) is 0 Å². The second-order valence-electron chi connectivity index (χ2n) is 7.14. The molecule has 1 aliphatic heterocycles. The van der Waals surface area contributed by atoms with E-state index < -0.39 is 5.60 Å². The number of nitrogens with one attached hydrogen (secondary N) is 1. The fourth-order valence-corrected chi connectivity index (χ4v) is 2.65. The summed E-state index contributed by atoms with van der Waals surface area (Å²) in [7, 11) is 0. The Morgan fingerprint density at radius 2 is 1.96 bits per heavy atom. The maximum Gasteiger partial charge on any atom is 0.410 e. The number of rotatable bonds is 3. The van der Waals surface area contributed by atoms with Gasteiger partial charge in [-0.3, -0.25) is 4.79 Å². The predicted octanol–water partition coefficient (Wildman–Crippen LogP) is 2.27. The molecule has 2 rings (SSSR count). The first-order chi connectivity index (χ1) is 11.3. The molecule has 0 saturated carbocycles. The van der Waals surface area contributed by atoms with Crippen molar-refractivity contribution >= 4 is 12.0 Å². The summed E-state index contributed by atoms with van der Waals surface area (Å²) >= 11 is 0. The van der Waals surface area contributed by atoms with Crippen LogP contribution in [0.5, 0.6) is 0 Å². The number of benzene rings is 1. The van der Waals surface area contributed by atoms with E-state index in [-0.39, 0.29) is 18.0 Å². The monoisotopic (exact) mass is 333 g/mol. The molecule has 132 valence electrons. The second kappa shape index (κ2) is 7.66. The number of nitrogens with zero attached hydrogens (tertiary/aromatic N) is 1.